The first-order valence-electron chi connectivity index (χ1n) is 9.10. The maximum Gasteiger partial charge on any atom is 0.257 e. The Kier molecular flexibility index (Phi) is 5.63. The van der Waals surface area contributed by atoms with Gasteiger partial charge in [-0.25, -0.2) is 9.97 Å². The number of carbonyl (C=O) groups is 3. The number of rotatable bonds is 6. The molecular weight excluding hydrogens is 386 g/mol. The number of primary amides is 1. The normalized spacial score (nSPS) is 10.5. The molecule has 0 fully saturated rings. The lowest BCUT2D eigenvalue weighted by Crippen LogP contribution is -2.19. The molecule has 9 heteroatoms. The Labute approximate surface area is 172 Å². The third kappa shape index (κ3) is 4.35. The molecule has 0 radical (unpaired) electrons. The van der Waals surface area contributed by atoms with E-state index in [4.69, 9.17) is 10.2 Å². The van der Waals surface area contributed by atoms with Gasteiger partial charge in [0, 0.05) is 22.6 Å². The second-order valence-corrected chi connectivity index (χ2v) is 6.79. The molecule has 30 heavy (non-hydrogen) atoms. The zero-order chi connectivity index (χ0) is 22.0. The Morgan fingerprint density at radius 1 is 0.967 bits per heavy atom. The Morgan fingerprint density at radius 2 is 1.57 bits per heavy atom. The molecule has 0 aliphatic heterocycles. The minimum Gasteiger partial charge on any atom is -0.444 e. The number of Topliss-reactive ketones (excluding diaryl/α,β-unsaturated/α-hetero) is 1. The van der Waals surface area contributed by atoms with Crippen LogP contribution in [-0.2, 0) is 0 Å². The number of hydrogen-bond acceptors (Lipinski definition) is 7. The smallest absolute Gasteiger partial charge is 0.257 e. The lowest BCUT2D eigenvalue weighted by molar-refractivity contribution is 0.0974. The molecule has 2 amide bonds. The standard InChI is InChI=1S/C21H21N5O4/c1-10-9-11(2)24-21(23-10)25-15-7-5-14(6-8-15)19(29)26-20-17(18(22)28)16(12(3)27)13(4)30-20/h5-9H,1-4H3,(H2,22,28)(H,26,29)(H,23,24,25). The first-order chi connectivity index (χ1) is 14.2. The third-order valence-electron chi connectivity index (χ3n) is 4.30. The fourth-order valence-electron chi connectivity index (χ4n) is 3.08. The van der Waals surface area contributed by atoms with Crippen LogP contribution in [-0.4, -0.2) is 27.6 Å². The Hall–Kier alpha value is -4.01. The predicted octanol–water partition coefficient (Wildman–Crippen LogP) is 3.29. The van der Waals surface area contributed by atoms with Gasteiger partial charge in [-0.3, -0.25) is 19.7 Å². The van der Waals surface area contributed by atoms with Crippen LogP contribution >= 0.6 is 0 Å². The van der Waals surface area contributed by atoms with Gasteiger partial charge in [-0.2, -0.15) is 0 Å². The molecule has 2 heterocycles. The average molecular weight is 407 g/mol. The lowest BCUT2D eigenvalue weighted by atomic mass is 10.1. The van der Waals surface area contributed by atoms with Crippen molar-refractivity contribution < 1.29 is 18.8 Å². The molecule has 154 valence electrons. The van der Waals surface area contributed by atoms with Crippen LogP contribution in [0.25, 0.3) is 0 Å². The van der Waals surface area contributed by atoms with Gasteiger partial charge in [0.25, 0.3) is 11.8 Å². The monoisotopic (exact) mass is 407 g/mol. The summed E-state index contributed by atoms with van der Waals surface area (Å²) >= 11 is 0. The van der Waals surface area contributed by atoms with Crippen LogP contribution in [0.15, 0.2) is 34.7 Å². The first-order valence-corrected chi connectivity index (χ1v) is 9.10. The van der Waals surface area contributed by atoms with Crippen molar-refractivity contribution in [1.82, 2.24) is 9.97 Å². The van der Waals surface area contributed by atoms with Crippen molar-refractivity contribution in [2.45, 2.75) is 27.7 Å². The van der Waals surface area contributed by atoms with Crippen LogP contribution in [0.2, 0.25) is 0 Å². The summed E-state index contributed by atoms with van der Waals surface area (Å²) in [5, 5.41) is 5.58. The van der Waals surface area contributed by atoms with E-state index in [1.54, 1.807) is 24.3 Å². The van der Waals surface area contributed by atoms with Gasteiger partial charge in [0.15, 0.2) is 5.78 Å². The zero-order valence-electron chi connectivity index (χ0n) is 17.0. The highest BCUT2D eigenvalue weighted by Gasteiger charge is 2.26. The molecule has 4 N–H and O–H groups in total. The molecule has 0 saturated heterocycles. The predicted molar refractivity (Wildman–Crippen MR) is 111 cm³/mol. The second-order valence-electron chi connectivity index (χ2n) is 6.79. The van der Waals surface area contributed by atoms with E-state index < -0.39 is 11.8 Å². The van der Waals surface area contributed by atoms with E-state index in [0.717, 1.165) is 11.4 Å². The molecule has 3 aromatic rings. The van der Waals surface area contributed by atoms with Crippen LogP contribution in [0.5, 0.6) is 0 Å². The van der Waals surface area contributed by atoms with E-state index >= 15 is 0 Å². The number of aryl methyl sites for hydroxylation is 3. The van der Waals surface area contributed by atoms with Gasteiger partial charge in [0.05, 0.1) is 5.56 Å². The number of ketones is 1. The Morgan fingerprint density at radius 3 is 2.10 bits per heavy atom. The molecule has 0 aliphatic rings. The molecule has 0 aliphatic carbocycles. The number of aromatic nitrogens is 2. The second kappa shape index (κ2) is 8.16. The van der Waals surface area contributed by atoms with E-state index in [1.807, 2.05) is 19.9 Å². The molecule has 0 bridgehead atoms. The third-order valence-corrected chi connectivity index (χ3v) is 4.30. The van der Waals surface area contributed by atoms with E-state index in [2.05, 4.69) is 20.6 Å². The summed E-state index contributed by atoms with van der Waals surface area (Å²) in [5.41, 5.74) is 7.98. The minimum absolute atomic E-state index is 0.0609. The molecule has 1 aromatic carbocycles. The summed E-state index contributed by atoms with van der Waals surface area (Å²) < 4.78 is 5.40. The van der Waals surface area contributed by atoms with Crippen molar-refractivity contribution in [2.24, 2.45) is 5.73 Å². The maximum atomic E-state index is 12.6. The molecule has 3 rings (SSSR count). The Bertz CT molecular complexity index is 1130. The fourth-order valence-corrected chi connectivity index (χ4v) is 3.08. The fraction of sp³-hybridized carbons (Fsp3) is 0.190. The van der Waals surface area contributed by atoms with Crippen molar-refractivity contribution in [3.63, 3.8) is 0 Å². The summed E-state index contributed by atoms with van der Waals surface area (Å²) in [6.45, 7) is 6.57. The van der Waals surface area contributed by atoms with Gasteiger partial charge in [-0.1, -0.05) is 0 Å². The van der Waals surface area contributed by atoms with Crippen molar-refractivity contribution in [3.05, 3.63) is 64.2 Å². The quantitative estimate of drug-likeness (QED) is 0.533. The molecular formula is C21H21N5O4. The van der Waals surface area contributed by atoms with Crippen LogP contribution < -0.4 is 16.4 Å². The van der Waals surface area contributed by atoms with E-state index in [9.17, 15) is 14.4 Å². The number of carbonyl (C=O) groups excluding carboxylic acids is 3. The molecule has 0 atom stereocenters. The van der Waals surface area contributed by atoms with Gasteiger partial charge < -0.3 is 15.5 Å². The summed E-state index contributed by atoms with van der Waals surface area (Å²) in [6.07, 6.45) is 0. The number of anilines is 3. The SMILES string of the molecule is CC(=O)c1c(C)oc(NC(=O)c2ccc(Nc3nc(C)cc(C)n3)cc2)c1C(N)=O. The van der Waals surface area contributed by atoms with Crippen molar-refractivity contribution in [1.29, 1.82) is 0 Å². The Balaban J connectivity index is 1.79. The molecule has 9 nitrogen and oxygen atoms in total. The average Bonchev–Trinajstić information content (AvgIpc) is 2.97. The number of hydrogen-bond donors (Lipinski definition) is 3. The highest BCUT2D eigenvalue weighted by atomic mass is 16.4. The van der Waals surface area contributed by atoms with E-state index in [-0.39, 0.29) is 28.6 Å². The van der Waals surface area contributed by atoms with Crippen molar-refractivity contribution in [3.8, 4) is 0 Å². The summed E-state index contributed by atoms with van der Waals surface area (Å²) in [7, 11) is 0. The number of benzene rings is 1. The molecule has 0 spiro atoms. The molecule has 0 saturated carbocycles. The van der Waals surface area contributed by atoms with Gasteiger partial charge in [-0.15, -0.1) is 0 Å². The molecule has 2 aromatic heterocycles. The van der Waals surface area contributed by atoms with Gasteiger partial charge in [0.1, 0.15) is 11.3 Å². The number of nitrogens with zero attached hydrogens (tertiary/aromatic N) is 2. The van der Waals surface area contributed by atoms with Gasteiger partial charge in [-0.05, 0) is 58.0 Å². The van der Waals surface area contributed by atoms with Crippen LogP contribution in [0.4, 0.5) is 17.5 Å². The largest absolute Gasteiger partial charge is 0.444 e. The lowest BCUT2D eigenvalue weighted by Gasteiger charge is -2.08. The van der Waals surface area contributed by atoms with Crippen LogP contribution in [0.3, 0.4) is 0 Å². The highest BCUT2D eigenvalue weighted by Crippen LogP contribution is 2.28. The van der Waals surface area contributed by atoms with E-state index in [0.29, 0.717) is 17.2 Å². The summed E-state index contributed by atoms with van der Waals surface area (Å²) in [4.78, 5) is 44.8. The molecule has 0 unspecified atom stereocenters. The van der Waals surface area contributed by atoms with Crippen LogP contribution in [0, 0.1) is 20.8 Å². The summed E-state index contributed by atoms with van der Waals surface area (Å²) in [5.74, 6) is -1.25. The highest BCUT2D eigenvalue weighted by molar-refractivity contribution is 6.13. The number of amides is 2. The summed E-state index contributed by atoms with van der Waals surface area (Å²) in [6, 6.07) is 8.43. The zero-order valence-corrected chi connectivity index (χ0v) is 17.0. The number of nitrogens with two attached hydrogens (primary N) is 1. The minimum atomic E-state index is -0.861. The maximum absolute atomic E-state index is 12.6. The topological polar surface area (TPSA) is 140 Å². The number of nitrogens with one attached hydrogen (secondary N) is 2. The van der Waals surface area contributed by atoms with Gasteiger partial charge >= 0.3 is 0 Å². The number of furan rings is 1. The van der Waals surface area contributed by atoms with Gasteiger partial charge in [0.2, 0.25) is 11.8 Å². The van der Waals surface area contributed by atoms with Crippen LogP contribution in [0.1, 0.15) is 55.1 Å². The van der Waals surface area contributed by atoms with E-state index in [1.165, 1.54) is 13.8 Å². The van der Waals surface area contributed by atoms with Crippen molar-refractivity contribution in [2.75, 3.05) is 10.6 Å². The first kappa shape index (κ1) is 20.7. The van der Waals surface area contributed by atoms with Crippen molar-refractivity contribution >= 4 is 35.1 Å².